The van der Waals surface area contributed by atoms with Crippen LogP contribution in [0.25, 0.3) is 0 Å². The van der Waals surface area contributed by atoms with E-state index in [0.29, 0.717) is 12.5 Å². The lowest BCUT2D eigenvalue weighted by Crippen LogP contribution is -2.06. The van der Waals surface area contributed by atoms with Gasteiger partial charge in [-0.05, 0) is 26.2 Å². The van der Waals surface area contributed by atoms with E-state index in [-0.39, 0.29) is 18.0 Å². The predicted octanol–water partition coefficient (Wildman–Crippen LogP) is 2.55. The lowest BCUT2D eigenvalue weighted by Gasteiger charge is -2.02. The van der Waals surface area contributed by atoms with Crippen LogP contribution in [-0.2, 0) is 19.1 Å². The average molecular weight is 232 g/mol. The monoisotopic (exact) mass is 232 g/mol. The second kappa shape index (κ2) is 10.5. The number of hydrogen-bond acceptors (Lipinski definition) is 4. The van der Waals surface area contributed by atoms with Gasteiger partial charge in [0.1, 0.15) is 0 Å². The molecule has 0 radical (unpaired) electrons. The number of carbonyl (C=O) groups excluding carboxylic acids is 2. The smallest absolute Gasteiger partial charge is 0.302 e. The normalized spacial score (nSPS) is 9.50. The number of esters is 2. The summed E-state index contributed by atoms with van der Waals surface area (Å²) in [5, 5.41) is 0. The Morgan fingerprint density at radius 1 is 1.00 bits per heavy atom. The molecule has 0 rings (SSSR count). The van der Waals surface area contributed by atoms with Crippen LogP contribution in [0.4, 0.5) is 0 Å². The predicted molar refractivity (Wildman–Crippen MR) is 63.0 cm³/mol. The SMILES string of the molecule is CC(=O)OC(C)C.CC(=O)OCCC(C)C. The highest BCUT2D eigenvalue weighted by Gasteiger charge is 1.95. The molecule has 0 N–H and O–H groups in total. The standard InChI is InChI=1S/C7H14O2.C5H10O2/c1-6(2)4-5-9-7(3)8;1-4(2)7-5(3)6/h6H,4-5H2,1-3H3;4H,1-3H3. The van der Waals surface area contributed by atoms with E-state index in [2.05, 4.69) is 18.6 Å². The van der Waals surface area contributed by atoms with Crippen molar-refractivity contribution in [2.24, 2.45) is 5.92 Å². The van der Waals surface area contributed by atoms with Crippen LogP contribution in [0.1, 0.15) is 48.0 Å². The maximum atomic E-state index is 10.2. The third kappa shape index (κ3) is 23.1. The van der Waals surface area contributed by atoms with Gasteiger partial charge >= 0.3 is 11.9 Å². The maximum Gasteiger partial charge on any atom is 0.302 e. The molecule has 0 unspecified atom stereocenters. The Kier molecular flexibility index (Phi) is 11.3. The highest BCUT2D eigenvalue weighted by Crippen LogP contribution is 1.98. The van der Waals surface area contributed by atoms with Gasteiger partial charge in [0.15, 0.2) is 0 Å². The van der Waals surface area contributed by atoms with E-state index in [0.717, 1.165) is 6.42 Å². The second-order valence-electron chi connectivity index (χ2n) is 4.18. The summed E-state index contributed by atoms with van der Waals surface area (Å²) in [6.07, 6.45) is 0.983. The van der Waals surface area contributed by atoms with Crippen LogP contribution in [-0.4, -0.2) is 24.6 Å². The van der Waals surface area contributed by atoms with Crippen LogP contribution in [0, 0.1) is 5.92 Å². The Morgan fingerprint density at radius 3 is 1.69 bits per heavy atom. The van der Waals surface area contributed by atoms with Crippen LogP contribution >= 0.6 is 0 Å². The van der Waals surface area contributed by atoms with Crippen molar-refractivity contribution in [2.45, 2.75) is 54.1 Å². The molecular formula is C12H24O4. The molecule has 0 aliphatic heterocycles. The van der Waals surface area contributed by atoms with Crippen LogP contribution < -0.4 is 0 Å². The molecule has 0 aromatic heterocycles. The van der Waals surface area contributed by atoms with Crippen LogP contribution in [0.3, 0.4) is 0 Å². The minimum atomic E-state index is -0.213. The molecule has 0 saturated carbocycles. The van der Waals surface area contributed by atoms with Gasteiger partial charge in [-0.2, -0.15) is 0 Å². The molecule has 0 saturated heterocycles. The molecule has 0 aromatic rings. The molecule has 0 bridgehead atoms. The first-order chi connectivity index (χ1) is 7.25. The fourth-order valence-corrected chi connectivity index (χ4v) is 0.770. The van der Waals surface area contributed by atoms with Crippen LogP contribution in [0.5, 0.6) is 0 Å². The summed E-state index contributed by atoms with van der Waals surface area (Å²) in [4.78, 5) is 20.2. The first kappa shape index (κ1) is 17.3. The van der Waals surface area contributed by atoms with Gasteiger partial charge in [-0.15, -0.1) is 0 Å². The van der Waals surface area contributed by atoms with Gasteiger partial charge < -0.3 is 9.47 Å². The first-order valence-electron chi connectivity index (χ1n) is 5.56. The first-order valence-corrected chi connectivity index (χ1v) is 5.56. The molecule has 0 heterocycles. The molecule has 16 heavy (non-hydrogen) atoms. The summed E-state index contributed by atoms with van der Waals surface area (Å²) < 4.78 is 9.32. The van der Waals surface area contributed by atoms with Gasteiger partial charge in [-0.25, -0.2) is 0 Å². The van der Waals surface area contributed by atoms with Gasteiger partial charge in [0.2, 0.25) is 0 Å². The van der Waals surface area contributed by atoms with E-state index < -0.39 is 0 Å². The van der Waals surface area contributed by atoms with E-state index in [9.17, 15) is 9.59 Å². The molecule has 0 fully saturated rings. The summed E-state index contributed by atoms with van der Waals surface area (Å²) >= 11 is 0. The number of rotatable bonds is 4. The van der Waals surface area contributed by atoms with Crippen molar-refractivity contribution in [1.82, 2.24) is 0 Å². The number of ether oxygens (including phenoxy) is 2. The lowest BCUT2D eigenvalue weighted by atomic mass is 10.1. The molecule has 0 aliphatic carbocycles. The van der Waals surface area contributed by atoms with Gasteiger partial charge in [-0.3, -0.25) is 9.59 Å². The van der Waals surface area contributed by atoms with Crippen molar-refractivity contribution in [1.29, 1.82) is 0 Å². The van der Waals surface area contributed by atoms with E-state index >= 15 is 0 Å². The molecule has 96 valence electrons. The molecule has 0 atom stereocenters. The van der Waals surface area contributed by atoms with Gasteiger partial charge in [-0.1, -0.05) is 13.8 Å². The second-order valence-corrected chi connectivity index (χ2v) is 4.18. The number of hydrogen-bond donors (Lipinski definition) is 0. The summed E-state index contributed by atoms with van der Waals surface area (Å²) in [6.45, 7) is 11.2. The van der Waals surface area contributed by atoms with Gasteiger partial charge in [0.05, 0.1) is 12.7 Å². The molecule has 0 aliphatic rings. The molecular weight excluding hydrogens is 208 g/mol. The largest absolute Gasteiger partial charge is 0.466 e. The summed E-state index contributed by atoms with van der Waals surface area (Å²) in [5.74, 6) is 0.218. The van der Waals surface area contributed by atoms with Crippen molar-refractivity contribution in [3.05, 3.63) is 0 Å². The highest BCUT2D eigenvalue weighted by atomic mass is 16.5. The molecule has 0 aromatic carbocycles. The Labute approximate surface area is 98.3 Å². The minimum absolute atomic E-state index is 0.0255. The van der Waals surface area contributed by atoms with Crippen molar-refractivity contribution in [3.8, 4) is 0 Å². The zero-order valence-electron chi connectivity index (χ0n) is 11.2. The Hall–Kier alpha value is -1.06. The van der Waals surface area contributed by atoms with Gasteiger partial charge in [0, 0.05) is 13.8 Å². The van der Waals surface area contributed by atoms with Crippen molar-refractivity contribution >= 4 is 11.9 Å². The van der Waals surface area contributed by atoms with Crippen molar-refractivity contribution < 1.29 is 19.1 Å². The topological polar surface area (TPSA) is 52.6 Å². The lowest BCUT2D eigenvalue weighted by molar-refractivity contribution is -0.144. The third-order valence-electron chi connectivity index (χ3n) is 1.40. The number of carbonyl (C=O) groups is 2. The average Bonchev–Trinajstić information content (AvgIpc) is 2.00. The van der Waals surface area contributed by atoms with E-state index in [1.165, 1.54) is 13.8 Å². The Morgan fingerprint density at radius 2 is 1.50 bits per heavy atom. The fraction of sp³-hybridized carbons (Fsp3) is 0.833. The van der Waals surface area contributed by atoms with E-state index in [4.69, 9.17) is 4.74 Å². The summed E-state index contributed by atoms with van der Waals surface area (Å²) in [7, 11) is 0. The van der Waals surface area contributed by atoms with E-state index in [1.807, 2.05) is 13.8 Å². The maximum absolute atomic E-state index is 10.2. The Balaban J connectivity index is 0. The van der Waals surface area contributed by atoms with Crippen molar-refractivity contribution in [2.75, 3.05) is 6.61 Å². The molecule has 0 amide bonds. The van der Waals surface area contributed by atoms with Gasteiger partial charge in [0.25, 0.3) is 0 Å². The Bertz CT molecular complexity index is 197. The third-order valence-corrected chi connectivity index (χ3v) is 1.40. The van der Waals surface area contributed by atoms with Crippen LogP contribution in [0.2, 0.25) is 0 Å². The van der Waals surface area contributed by atoms with Crippen LogP contribution in [0.15, 0.2) is 0 Å². The minimum Gasteiger partial charge on any atom is -0.466 e. The van der Waals surface area contributed by atoms with E-state index in [1.54, 1.807) is 0 Å². The highest BCUT2D eigenvalue weighted by molar-refractivity contribution is 5.66. The zero-order valence-corrected chi connectivity index (χ0v) is 11.2. The quantitative estimate of drug-likeness (QED) is 0.699. The molecule has 4 nitrogen and oxygen atoms in total. The molecule has 0 spiro atoms. The summed E-state index contributed by atoms with van der Waals surface area (Å²) in [6, 6.07) is 0. The van der Waals surface area contributed by atoms with Crippen molar-refractivity contribution in [3.63, 3.8) is 0 Å². The summed E-state index contributed by atoms with van der Waals surface area (Å²) in [5.41, 5.74) is 0. The fourth-order valence-electron chi connectivity index (χ4n) is 0.770. The molecule has 4 heteroatoms. The zero-order chi connectivity index (χ0) is 13.1.